The third kappa shape index (κ3) is 8.42. The monoisotopic (exact) mass is 595 g/mol. The van der Waals surface area contributed by atoms with E-state index >= 15 is 0 Å². The molecule has 0 aliphatic carbocycles. The number of nitrogens with zero attached hydrogens (tertiary/aromatic N) is 2. The lowest BCUT2D eigenvalue weighted by Gasteiger charge is -2.33. The molecule has 2 rings (SSSR count). The molecule has 0 unspecified atom stereocenters. The Balaban J connectivity index is 2.48. The molecule has 0 radical (unpaired) electrons. The number of carbonyl (C=O) groups is 2. The van der Waals surface area contributed by atoms with Crippen LogP contribution in [-0.4, -0.2) is 50.5 Å². The van der Waals surface area contributed by atoms with E-state index in [-0.39, 0.29) is 34.1 Å². The van der Waals surface area contributed by atoms with Gasteiger partial charge >= 0.3 is 0 Å². The molecule has 36 heavy (non-hydrogen) atoms. The topological polar surface area (TPSA) is 86.8 Å². The number of benzene rings is 2. The molecular formula is C24H29Cl4N3O4S. The number of nitrogens with one attached hydrogen (secondary N) is 1. The highest BCUT2D eigenvalue weighted by Crippen LogP contribution is 2.29. The van der Waals surface area contributed by atoms with E-state index in [4.69, 9.17) is 46.4 Å². The summed E-state index contributed by atoms with van der Waals surface area (Å²) in [6.07, 6.45) is 1.28. The minimum atomic E-state index is -3.90. The molecule has 1 atom stereocenters. The first-order valence-electron chi connectivity index (χ1n) is 11.2. The van der Waals surface area contributed by atoms with Crippen LogP contribution in [0.4, 0.5) is 5.69 Å². The van der Waals surface area contributed by atoms with Crippen LogP contribution in [0.3, 0.4) is 0 Å². The maximum Gasteiger partial charge on any atom is 0.244 e. The molecule has 0 saturated carbocycles. The lowest BCUT2D eigenvalue weighted by atomic mass is 10.1. The summed E-state index contributed by atoms with van der Waals surface area (Å²) in [7, 11) is -3.90. The van der Waals surface area contributed by atoms with Crippen LogP contribution in [0.1, 0.15) is 32.8 Å². The van der Waals surface area contributed by atoms with Crippen LogP contribution in [0.15, 0.2) is 36.4 Å². The normalized spacial score (nSPS) is 12.4. The highest BCUT2D eigenvalue weighted by Gasteiger charge is 2.32. The molecule has 0 heterocycles. The smallest absolute Gasteiger partial charge is 0.244 e. The van der Waals surface area contributed by atoms with Crippen molar-refractivity contribution in [3.05, 3.63) is 62.1 Å². The Bertz CT molecular complexity index is 1210. The van der Waals surface area contributed by atoms with Crippen molar-refractivity contribution >= 4 is 73.9 Å². The standard InChI is InChI=1S/C24H29Cl4N3O4S/c1-5-22(24(33)29-12-15(2)3)30(13-16-6-7-17(25)10-20(16)27)23(32)14-31(36(4,34)35)18-8-9-19(26)21(28)11-18/h6-11,15,22H,5,12-14H2,1-4H3,(H,29,33)/t22-/m1/s1. The SMILES string of the molecule is CC[C@H](C(=O)NCC(C)C)N(Cc1ccc(Cl)cc1Cl)C(=O)CN(c1ccc(Cl)c(Cl)c1)S(C)(=O)=O. The number of hydrogen-bond donors (Lipinski definition) is 1. The Labute approximate surface area is 232 Å². The van der Waals surface area contributed by atoms with Gasteiger partial charge < -0.3 is 10.2 Å². The van der Waals surface area contributed by atoms with Gasteiger partial charge in [0.2, 0.25) is 21.8 Å². The van der Waals surface area contributed by atoms with Crippen LogP contribution in [0.2, 0.25) is 20.1 Å². The van der Waals surface area contributed by atoms with E-state index in [1.807, 2.05) is 13.8 Å². The average Bonchev–Trinajstić information content (AvgIpc) is 2.78. The lowest BCUT2D eigenvalue weighted by molar-refractivity contribution is -0.140. The number of amides is 2. The third-order valence-electron chi connectivity index (χ3n) is 5.30. The summed E-state index contributed by atoms with van der Waals surface area (Å²) in [6.45, 7) is 5.53. The second-order valence-electron chi connectivity index (χ2n) is 8.69. The van der Waals surface area contributed by atoms with Crippen LogP contribution in [0.5, 0.6) is 0 Å². The maximum absolute atomic E-state index is 13.7. The van der Waals surface area contributed by atoms with Gasteiger partial charge in [-0.15, -0.1) is 0 Å². The Morgan fingerprint density at radius 1 is 0.972 bits per heavy atom. The fraction of sp³-hybridized carbons (Fsp3) is 0.417. The molecule has 198 valence electrons. The zero-order valence-electron chi connectivity index (χ0n) is 20.4. The number of carbonyl (C=O) groups excluding carboxylic acids is 2. The van der Waals surface area contributed by atoms with Crippen molar-refractivity contribution in [2.75, 3.05) is 23.7 Å². The average molecular weight is 597 g/mol. The molecule has 0 aliphatic heterocycles. The van der Waals surface area contributed by atoms with E-state index in [1.54, 1.807) is 25.1 Å². The number of hydrogen-bond acceptors (Lipinski definition) is 4. The predicted octanol–water partition coefficient (Wildman–Crippen LogP) is 5.65. The van der Waals surface area contributed by atoms with Crippen molar-refractivity contribution in [1.29, 1.82) is 0 Å². The molecule has 2 aromatic carbocycles. The summed E-state index contributed by atoms with van der Waals surface area (Å²) in [5, 5.41) is 3.98. The molecule has 0 aliphatic rings. The fourth-order valence-electron chi connectivity index (χ4n) is 3.43. The summed E-state index contributed by atoms with van der Waals surface area (Å²) >= 11 is 24.4. The molecule has 1 N–H and O–H groups in total. The first kappa shape index (κ1) is 30.5. The summed E-state index contributed by atoms with van der Waals surface area (Å²) in [6, 6.07) is 8.24. The van der Waals surface area contributed by atoms with Crippen molar-refractivity contribution in [3.63, 3.8) is 0 Å². The Morgan fingerprint density at radius 2 is 1.64 bits per heavy atom. The van der Waals surface area contributed by atoms with E-state index < -0.39 is 28.5 Å². The number of sulfonamides is 1. The van der Waals surface area contributed by atoms with Gasteiger partial charge in [0, 0.05) is 23.1 Å². The molecular weight excluding hydrogens is 568 g/mol. The van der Waals surface area contributed by atoms with E-state index in [1.165, 1.54) is 23.1 Å². The van der Waals surface area contributed by atoms with E-state index in [0.717, 1.165) is 10.6 Å². The number of halogens is 4. The fourth-order valence-corrected chi connectivity index (χ4v) is 5.03. The second-order valence-corrected chi connectivity index (χ2v) is 12.3. The summed E-state index contributed by atoms with van der Waals surface area (Å²) in [5.74, 6) is -0.731. The van der Waals surface area contributed by atoms with Gasteiger partial charge in [0.25, 0.3) is 0 Å². The van der Waals surface area contributed by atoms with Crippen LogP contribution >= 0.6 is 46.4 Å². The van der Waals surface area contributed by atoms with Gasteiger partial charge in [-0.05, 0) is 48.2 Å². The molecule has 12 heteroatoms. The number of rotatable bonds is 11. The van der Waals surface area contributed by atoms with E-state index in [2.05, 4.69) is 5.32 Å². The highest BCUT2D eigenvalue weighted by atomic mass is 35.5. The number of anilines is 1. The van der Waals surface area contributed by atoms with Crippen LogP contribution in [0.25, 0.3) is 0 Å². The maximum atomic E-state index is 13.7. The summed E-state index contributed by atoms with van der Waals surface area (Å²) in [4.78, 5) is 28.1. The Morgan fingerprint density at radius 3 is 2.17 bits per heavy atom. The van der Waals surface area contributed by atoms with Gasteiger partial charge in [-0.25, -0.2) is 8.42 Å². The highest BCUT2D eigenvalue weighted by molar-refractivity contribution is 7.92. The molecule has 2 aromatic rings. The minimum absolute atomic E-state index is 0.0264. The molecule has 0 fully saturated rings. The van der Waals surface area contributed by atoms with Crippen molar-refractivity contribution in [2.45, 2.75) is 39.8 Å². The molecule has 0 aromatic heterocycles. The van der Waals surface area contributed by atoms with Crippen molar-refractivity contribution in [3.8, 4) is 0 Å². The Kier molecular flexibility index (Phi) is 11.2. The zero-order valence-corrected chi connectivity index (χ0v) is 24.2. The third-order valence-corrected chi connectivity index (χ3v) is 7.76. The zero-order chi connectivity index (χ0) is 27.2. The molecule has 0 saturated heterocycles. The molecule has 0 spiro atoms. The molecule has 0 bridgehead atoms. The van der Waals surface area contributed by atoms with Crippen molar-refractivity contribution < 1.29 is 18.0 Å². The van der Waals surface area contributed by atoms with Gasteiger partial charge in [0.05, 0.1) is 22.0 Å². The van der Waals surface area contributed by atoms with Gasteiger partial charge in [-0.1, -0.05) is 73.2 Å². The summed E-state index contributed by atoms with van der Waals surface area (Å²) in [5.41, 5.74) is 0.729. The first-order valence-corrected chi connectivity index (χ1v) is 14.5. The van der Waals surface area contributed by atoms with E-state index in [0.29, 0.717) is 28.6 Å². The second kappa shape index (κ2) is 13.2. The summed E-state index contributed by atoms with van der Waals surface area (Å²) < 4.78 is 26.2. The predicted molar refractivity (Wildman–Crippen MR) is 148 cm³/mol. The van der Waals surface area contributed by atoms with Crippen LogP contribution in [0, 0.1) is 5.92 Å². The van der Waals surface area contributed by atoms with E-state index in [9.17, 15) is 18.0 Å². The lowest BCUT2D eigenvalue weighted by Crippen LogP contribution is -2.52. The molecule has 7 nitrogen and oxygen atoms in total. The first-order chi connectivity index (χ1) is 16.7. The van der Waals surface area contributed by atoms with Crippen molar-refractivity contribution in [1.82, 2.24) is 10.2 Å². The van der Waals surface area contributed by atoms with Gasteiger partial charge in [-0.3, -0.25) is 13.9 Å². The molecule has 2 amide bonds. The van der Waals surface area contributed by atoms with Gasteiger partial charge in [0.15, 0.2) is 0 Å². The van der Waals surface area contributed by atoms with Gasteiger partial charge in [0.1, 0.15) is 12.6 Å². The quantitative estimate of drug-likeness (QED) is 0.363. The van der Waals surface area contributed by atoms with Crippen LogP contribution in [-0.2, 0) is 26.2 Å². The minimum Gasteiger partial charge on any atom is -0.354 e. The van der Waals surface area contributed by atoms with Crippen molar-refractivity contribution in [2.24, 2.45) is 5.92 Å². The largest absolute Gasteiger partial charge is 0.354 e. The van der Waals surface area contributed by atoms with Gasteiger partial charge in [-0.2, -0.15) is 0 Å². The Hall–Kier alpha value is -1.71. The van der Waals surface area contributed by atoms with Crippen LogP contribution < -0.4 is 9.62 Å².